The lowest BCUT2D eigenvalue weighted by atomic mass is 9.33. The molecule has 0 radical (unpaired) electrons. The smallest absolute Gasteiger partial charge is 0.313 e. The maximum atomic E-state index is 14.2. The third-order valence-corrected chi connectivity index (χ3v) is 14.0. The molecule has 228 valence electrons. The molecular weight excluding hydrogens is 520 g/mol. The number of Topliss-reactive ketones (excluding diaryl/α,β-unsaturated/α-hetero) is 1. The molecule has 5 aliphatic carbocycles. The first kappa shape index (κ1) is 29.7. The fraction of sp³-hybridized carbons (Fsp3) is 0.684. The van der Waals surface area contributed by atoms with Crippen LogP contribution in [0.1, 0.15) is 112 Å². The molecule has 4 nitrogen and oxygen atoms in total. The van der Waals surface area contributed by atoms with Gasteiger partial charge in [0.05, 0.1) is 11.7 Å². The van der Waals surface area contributed by atoms with Gasteiger partial charge in [0.15, 0.2) is 5.78 Å². The average molecular weight is 573 g/mol. The Balaban J connectivity index is 1.39. The van der Waals surface area contributed by atoms with E-state index in [1.165, 1.54) is 5.57 Å². The van der Waals surface area contributed by atoms with E-state index in [0.29, 0.717) is 30.4 Å². The van der Waals surface area contributed by atoms with E-state index in [-0.39, 0.29) is 39.3 Å². The van der Waals surface area contributed by atoms with Gasteiger partial charge in [0, 0.05) is 11.0 Å². The van der Waals surface area contributed by atoms with Gasteiger partial charge < -0.3 is 9.84 Å². The second-order valence-electron chi connectivity index (χ2n) is 16.8. The van der Waals surface area contributed by atoms with E-state index in [0.717, 1.165) is 63.2 Å². The van der Waals surface area contributed by atoms with Gasteiger partial charge >= 0.3 is 5.97 Å². The van der Waals surface area contributed by atoms with Crippen LogP contribution in [0.2, 0.25) is 0 Å². The van der Waals surface area contributed by atoms with E-state index in [1.54, 1.807) is 0 Å². The molecule has 0 heterocycles. The number of carbonyl (C=O) groups is 2. The second kappa shape index (κ2) is 9.57. The van der Waals surface area contributed by atoms with Gasteiger partial charge in [-0.3, -0.25) is 9.59 Å². The molecule has 1 N–H and O–H groups in total. The third-order valence-electron chi connectivity index (χ3n) is 14.0. The molecule has 1 aromatic carbocycles. The monoisotopic (exact) mass is 572 g/mol. The van der Waals surface area contributed by atoms with Crippen molar-refractivity contribution in [1.82, 2.24) is 0 Å². The van der Waals surface area contributed by atoms with Gasteiger partial charge in [0.2, 0.25) is 0 Å². The maximum Gasteiger partial charge on any atom is 0.313 e. The number of allylic oxidation sites excluding steroid dienone is 3. The van der Waals surface area contributed by atoms with Crippen molar-refractivity contribution in [1.29, 1.82) is 0 Å². The Morgan fingerprint density at radius 3 is 2.33 bits per heavy atom. The number of aliphatic hydroxyl groups is 1. The fourth-order valence-electron chi connectivity index (χ4n) is 11.4. The lowest BCUT2D eigenvalue weighted by molar-refractivity contribution is -0.187. The van der Waals surface area contributed by atoms with Crippen molar-refractivity contribution in [2.75, 3.05) is 0 Å². The summed E-state index contributed by atoms with van der Waals surface area (Å²) in [6.45, 7) is 16.8. The maximum absolute atomic E-state index is 14.2. The summed E-state index contributed by atoms with van der Waals surface area (Å²) in [4.78, 5) is 27.6. The predicted molar refractivity (Wildman–Crippen MR) is 166 cm³/mol. The molecule has 0 aromatic heterocycles. The molecule has 4 saturated carbocycles. The summed E-state index contributed by atoms with van der Waals surface area (Å²) in [6, 6.07) is 10.1. The van der Waals surface area contributed by atoms with Crippen LogP contribution in [0, 0.1) is 50.2 Å². The Kier molecular flexibility index (Phi) is 6.77. The molecule has 4 heteroatoms. The van der Waals surface area contributed by atoms with Crippen LogP contribution in [0.4, 0.5) is 0 Å². The van der Waals surface area contributed by atoms with Gasteiger partial charge in [-0.2, -0.15) is 0 Å². The Bertz CT molecular complexity index is 1340. The summed E-state index contributed by atoms with van der Waals surface area (Å²) >= 11 is 0. The molecule has 0 spiro atoms. The highest BCUT2D eigenvalue weighted by Gasteiger charge is 2.69. The number of benzene rings is 1. The van der Waals surface area contributed by atoms with E-state index in [1.807, 2.05) is 30.3 Å². The number of esters is 1. The van der Waals surface area contributed by atoms with E-state index < -0.39 is 10.8 Å². The molecule has 1 aromatic rings. The minimum absolute atomic E-state index is 0.00279. The van der Waals surface area contributed by atoms with Gasteiger partial charge in [-0.1, -0.05) is 90.4 Å². The molecule has 0 amide bonds. The molecule has 0 aliphatic heterocycles. The highest BCUT2D eigenvalue weighted by atomic mass is 16.5. The van der Waals surface area contributed by atoms with Gasteiger partial charge in [-0.15, -0.1) is 0 Å². The first-order chi connectivity index (χ1) is 19.6. The molecule has 7 unspecified atom stereocenters. The SMILES string of the molecule is CC1(C)CCC2(C(=O)OCc3ccccc3)CCC3(C)C(=CCC4C5(C)C/C(=C/O)C(=O)C(C)(C)C5CCC43C)C2C1. The van der Waals surface area contributed by atoms with Crippen LogP contribution in [-0.2, 0) is 20.9 Å². The van der Waals surface area contributed by atoms with Crippen molar-refractivity contribution in [2.24, 2.45) is 50.2 Å². The largest absolute Gasteiger partial charge is 0.515 e. The number of aliphatic hydroxyl groups excluding tert-OH is 1. The van der Waals surface area contributed by atoms with Crippen LogP contribution in [0.5, 0.6) is 0 Å². The molecule has 5 aliphatic rings. The number of rotatable bonds is 3. The van der Waals surface area contributed by atoms with Crippen molar-refractivity contribution in [2.45, 2.75) is 113 Å². The summed E-state index contributed by atoms with van der Waals surface area (Å²) in [5.41, 5.74) is 2.38. The lowest BCUT2D eigenvalue weighted by Gasteiger charge is -2.70. The van der Waals surface area contributed by atoms with E-state index in [4.69, 9.17) is 4.74 Å². The van der Waals surface area contributed by atoms with Crippen molar-refractivity contribution in [3.63, 3.8) is 0 Å². The van der Waals surface area contributed by atoms with Crippen LogP contribution < -0.4 is 0 Å². The van der Waals surface area contributed by atoms with Crippen molar-refractivity contribution in [3.05, 3.63) is 59.4 Å². The van der Waals surface area contributed by atoms with E-state index >= 15 is 0 Å². The van der Waals surface area contributed by atoms with Gasteiger partial charge in [0.1, 0.15) is 6.61 Å². The molecule has 0 saturated heterocycles. The summed E-state index contributed by atoms with van der Waals surface area (Å²) in [7, 11) is 0. The Labute approximate surface area is 253 Å². The summed E-state index contributed by atoms with van der Waals surface area (Å²) in [5.74, 6) is 1.03. The molecular formula is C38H52O4. The van der Waals surface area contributed by atoms with E-state index in [2.05, 4.69) is 54.5 Å². The second-order valence-corrected chi connectivity index (χ2v) is 16.8. The van der Waals surface area contributed by atoms with Crippen LogP contribution in [0.3, 0.4) is 0 Å². The molecule has 0 bridgehead atoms. The fourth-order valence-corrected chi connectivity index (χ4v) is 11.4. The quantitative estimate of drug-likeness (QED) is 0.170. The van der Waals surface area contributed by atoms with Gasteiger partial charge in [-0.05, 0) is 103 Å². The summed E-state index contributed by atoms with van der Waals surface area (Å²) < 4.78 is 6.16. The molecule has 42 heavy (non-hydrogen) atoms. The first-order valence-electron chi connectivity index (χ1n) is 16.4. The number of hydrogen-bond donors (Lipinski definition) is 1. The minimum atomic E-state index is -0.481. The zero-order chi connectivity index (χ0) is 30.3. The standard InChI is InChI=1S/C38H52O4/c1-33(2)17-19-38(32(41)42-24-25-11-9-8-10-12-25)20-18-36(6)27(28(38)22-33)13-14-30-35(5)21-26(23-39)31(40)34(3,4)29(35)15-16-37(30,36)7/h8-13,23,28-30,39H,14-22,24H2,1-7H3/b26-23-. The minimum Gasteiger partial charge on any atom is -0.515 e. The topological polar surface area (TPSA) is 63.6 Å². The van der Waals surface area contributed by atoms with Crippen molar-refractivity contribution in [3.8, 4) is 0 Å². The van der Waals surface area contributed by atoms with Crippen molar-refractivity contribution < 1.29 is 19.4 Å². The zero-order valence-electron chi connectivity index (χ0n) is 27.0. The zero-order valence-corrected chi connectivity index (χ0v) is 27.0. The van der Waals surface area contributed by atoms with Gasteiger partial charge in [-0.25, -0.2) is 0 Å². The lowest BCUT2D eigenvalue weighted by Crippen LogP contribution is -2.65. The highest BCUT2D eigenvalue weighted by Crippen LogP contribution is 2.75. The van der Waals surface area contributed by atoms with Crippen molar-refractivity contribution >= 4 is 11.8 Å². The summed E-state index contributed by atoms with van der Waals surface area (Å²) in [5, 5.41) is 10.1. The summed E-state index contributed by atoms with van der Waals surface area (Å²) in [6.07, 6.45) is 12.3. The Morgan fingerprint density at radius 1 is 0.952 bits per heavy atom. The third kappa shape index (κ3) is 3.98. The Morgan fingerprint density at radius 2 is 1.64 bits per heavy atom. The van der Waals surface area contributed by atoms with Crippen LogP contribution in [0.25, 0.3) is 0 Å². The number of ether oxygens (including phenoxy) is 1. The number of fused-ring (bicyclic) bond motifs is 7. The van der Waals surface area contributed by atoms with Crippen LogP contribution >= 0.6 is 0 Å². The van der Waals surface area contributed by atoms with Gasteiger partial charge in [0.25, 0.3) is 0 Å². The first-order valence-corrected chi connectivity index (χ1v) is 16.4. The Hall–Kier alpha value is -2.36. The molecule has 4 fully saturated rings. The van der Waals surface area contributed by atoms with Crippen LogP contribution in [-0.4, -0.2) is 16.9 Å². The highest BCUT2D eigenvalue weighted by molar-refractivity contribution is 6.00. The number of carbonyl (C=O) groups excluding carboxylic acids is 2. The molecule has 6 rings (SSSR count). The number of hydrogen-bond acceptors (Lipinski definition) is 4. The van der Waals surface area contributed by atoms with E-state index in [9.17, 15) is 14.7 Å². The number of ketones is 1. The average Bonchev–Trinajstić information content (AvgIpc) is 2.94. The normalized spacial score (nSPS) is 42.8. The predicted octanol–water partition coefficient (Wildman–Crippen LogP) is 9.15. The van der Waals surface area contributed by atoms with Crippen LogP contribution in [0.15, 0.2) is 53.8 Å². The molecule has 7 atom stereocenters.